The van der Waals surface area contributed by atoms with Crippen LogP contribution in [0.1, 0.15) is 48.5 Å². The highest BCUT2D eigenvalue weighted by molar-refractivity contribution is 7.18. The van der Waals surface area contributed by atoms with Crippen molar-refractivity contribution in [1.82, 2.24) is 10.3 Å². The van der Waals surface area contributed by atoms with E-state index in [0.717, 1.165) is 29.8 Å². The topological polar surface area (TPSA) is 71.1 Å². The molecule has 2 aromatic carbocycles. The first-order valence-electron chi connectivity index (χ1n) is 10.0. The molecule has 2 N–H and O–H groups in total. The number of fused-ring (bicyclic) bond motifs is 1. The number of carbonyl (C=O) groups is 2. The number of amides is 2. The molecule has 3 aromatic rings. The van der Waals surface area contributed by atoms with Crippen molar-refractivity contribution >= 4 is 39.1 Å². The molecule has 0 bridgehead atoms. The summed E-state index contributed by atoms with van der Waals surface area (Å²) in [5.74, 6) is 0.139. The first-order chi connectivity index (χ1) is 14.0. The second-order valence-corrected chi connectivity index (χ2v) is 8.60. The Morgan fingerprint density at radius 2 is 1.79 bits per heavy atom. The Kier molecular flexibility index (Phi) is 7.36. The monoisotopic (exact) mass is 409 g/mol. The van der Waals surface area contributed by atoms with E-state index in [2.05, 4.69) is 21.7 Å². The van der Waals surface area contributed by atoms with Gasteiger partial charge in [-0.3, -0.25) is 9.59 Å². The van der Waals surface area contributed by atoms with Crippen LogP contribution < -0.4 is 10.6 Å². The number of para-hydroxylation sites is 2. The SMILES string of the molecule is CC(C)CNC(=O)c1ccccc1NC(=O)CCCCc1nc2ccccc2s1. The molecule has 152 valence electrons. The molecule has 0 saturated carbocycles. The van der Waals surface area contributed by atoms with E-state index in [0.29, 0.717) is 30.1 Å². The summed E-state index contributed by atoms with van der Waals surface area (Å²) in [6, 6.07) is 15.3. The van der Waals surface area contributed by atoms with Gasteiger partial charge in [-0.25, -0.2) is 4.98 Å². The molecule has 0 radical (unpaired) electrons. The molecule has 0 aliphatic carbocycles. The third kappa shape index (κ3) is 6.12. The highest BCUT2D eigenvalue weighted by Crippen LogP contribution is 2.23. The van der Waals surface area contributed by atoms with Gasteiger partial charge in [0.15, 0.2) is 0 Å². The number of unbranched alkanes of at least 4 members (excludes halogenated alkanes) is 1. The lowest BCUT2D eigenvalue weighted by molar-refractivity contribution is -0.116. The van der Waals surface area contributed by atoms with Crippen LogP contribution in [0.2, 0.25) is 0 Å². The Morgan fingerprint density at radius 1 is 1.03 bits per heavy atom. The van der Waals surface area contributed by atoms with Gasteiger partial charge in [-0.1, -0.05) is 38.1 Å². The molecule has 0 saturated heterocycles. The predicted octanol–water partition coefficient (Wildman–Crippen LogP) is 5.03. The third-order valence-corrected chi connectivity index (χ3v) is 5.60. The molecule has 0 spiro atoms. The molecule has 0 fully saturated rings. The molecule has 0 atom stereocenters. The average molecular weight is 410 g/mol. The van der Waals surface area contributed by atoms with Gasteiger partial charge in [0.05, 0.1) is 26.5 Å². The maximum Gasteiger partial charge on any atom is 0.253 e. The molecular weight excluding hydrogens is 382 g/mol. The Bertz CT molecular complexity index is 948. The van der Waals surface area contributed by atoms with Crippen LogP contribution in [0.3, 0.4) is 0 Å². The molecule has 6 heteroatoms. The summed E-state index contributed by atoms with van der Waals surface area (Å²) in [6.07, 6.45) is 2.99. The van der Waals surface area contributed by atoms with Crippen LogP contribution in [0.25, 0.3) is 10.2 Å². The van der Waals surface area contributed by atoms with Gasteiger partial charge in [0, 0.05) is 13.0 Å². The lowest BCUT2D eigenvalue weighted by atomic mass is 10.1. The third-order valence-electron chi connectivity index (χ3n) is 4.50. The van der Waals surface area contributed by atoms with Gasteiger partial charge in [-0.2, -0.15) is 0 Å². The quantitative estimate of drug-likeness (QED) is 0.487. The van der Waals surface area contributed by atoms with Crippen molar-refractivity contribution in [3.8, 4) is 0 Å². The number of anilines is 1. The van der Waals surface area contributed by atoms with Crippen molar-refractivity contribution in [1.29, 1.82) is 0 Å². The number of benzene rings is 2. The zero-order valence-corrected chi connectivity index (χ0v) is 17.7. The van der Waals surface area contributed by atoms with Crippen molar-refractivity contribution in [2.24, 2.45) is 5.92 Å². The Balaban J connectivity index is 1.47. The smallest absolute Gasteiger partial charge is 0.253 e. The lowest BCUT2D eigenvalue weighted by Gasteiger charge is -2.12. The molecule has 0 aliphatic rings. The van der Waals surface area contributed by atoms with Crippen molar-refractivity contribution < 1.29 is 9.59 Å². The number of hydrogen-bond donors (Lipinski definition) is 2. The second kappa shape index (κ2) is 10.2. The molecule has 3 rings (SSSR count). The van der Waals surface area contributed by atoms with Crippen LogP contribution in [0.15, 0.2) is 48.5 Å². The summed E-state index contributed by atoms with van der Waals surface area (Å²) < 4.78 is 1.20. The summed E-state index contributed by atoms with van der Waals surface area (Å²) in [5, 5.41) is 6.89. The van der Waals surface area contributed by atoms with E-state index in [1.54, 1.807) is 29.5 Å². The van der Waals surface area contributed by atoms with Gasteiger partial charge in [0.25, 0.3) is 5.91 Å². The Morgan fingerprint density at radius 3 is 2.59 bits per heavy atom. The minimum atomic E-state index is -0.162. The molecule has 2 amide bonds. The van der Waals surface area contributed by atoms with E-state index in [4.69, 9.17) is 0 Å². The standard InChI is InChI=1S/C23H27N3O2S/c1-16(2)15-24-23(28)17-9-3-4-10-18(17)25-21(27)13-7-8-14-22-26-19-11-5-6-12-20(19)29-22/h3-6,9-12,16H,7-8,13-15H2,1-2H3,(H,24,28)(H,25,27). The normalized spacial score (nSPS) is 11.0. The van der Waals surface area contributed by atoms with Gasteiger partial charge in [0.2, 0.25) is 5.91 Å². The zero-order chi connectivity index (χ0) is 20.6. The molecule has 1 heterocycles. The maximum absolute atomic E-state index is 12.4. The molecule has 5 nitrogen and oxygen atoms in total. The molecule has 1 aromatic heterocycles. The summed E-state index contributed by atoms with van der Waals surface area (Å²) >= 11 is 1.71. The number of rotatable bonds is 9. The highest BCUT2D eigenvalue weighted by atomic mass is 32.1. The average Bonchev–Trinajstić information content (AvgIpc) is 3.12. The summed E-state index contributed by atoms with van der Waals surface area (Å²) in [6.45, 7) is 4.69. The van der Waals surface area contributed by atoms with Gasteiger partial charge < -0.3 is 10.6 Å². The zero-order valence-electron chi connectivity index (χ0n) is 16.9. The number of carbonyl (C=O) groups excluding carboxylic acids is 2. The number of aryl methyl sites for hydroxylation is 1. The molecular formula is C23H27N3O2S. The number of thiazole rings is 1. The van der Waals surface area contributed by atoms with Crippen LogP contribution in [-0.4, -0.2) is 23.3 Å². The fourth-order valence-corrected chi connectivity index (χ4v) is 3.99. The fourth-order valence-electron chi connectivity index (χ4n) is 2.98. The van der Waals surface area contributed by atoms with E-state index in [1.165, 1.54) is 4.70 Å². The largest absolute Gasteiger partial charge is 0.352 e. The maximum atomic E-state index is 12.4. The van der Waals surface area contributed by atoms with Crippen molar-refractivity contribution in [2.45, 2.75) is 39.5 Å². The van der Waals surface area contributed by atoms with Crippen LogP contribution in [0.4, 0.5) is 5.69 Å². The van der Waals surface area contributed by atoms with Gasteiger partial charge in [0.1, 0.15) is 0 Å². The number of nitrogens with zero attached hydrogens (tertiary/aromatic N) is 1. The van der Waals surface area contributed by atoms with E-state index < -0.39 is 0 Å². The number of hydrogen-bond acceptors (Lipinski definition) is 4. The fraction of sp³-hybridized carbons (Fsp3) is 0.348. The molecule has 0 aliphatic heterocycles. The van der Waals surface area contributed by atoms with Gasteiger partial charge in [-0.05, 0) is 49.4 Å². The lowest BCUT2D eigenvalue weighted by Crippen LogP contribution is -2.28. The first kappa shape index (κ1) is 21.0. The molecule has 0 unspecified atom stereocenters. The van der Waals surface area contributed by atoms with Crippen LogP contribution >= 0.6 is 11.3 Å². The minimum absolute atomic E-state index is 0.0709. The van der Waals surface area contributed by atoms with E-state index in [1.807, 2.05) is 38.1 Å². The molecule has 29 heavy (non-hydrogen) atoms. The minimum Gasteiger partial charge on any atom is -0.352 e. The highest BCUT2D eigenvalue weighted by Gasteiger charge is 2.13. The predicted molar refractivity (Wildman–Crippen MR) is 119 cm³/mol. The second-order valence-electron chi connectivity index (χ2n) is 7.48. The summed E-state index contributed by atoms with van der Waals surface area (Å²) in [4.78, 5) is 29.4. The van der Waals surface area contributed by atoms with Crippen molar-refractivity contribution in [3.63, 3.8) is 0 Å². The van der Waals surface area contributed by atoms with Crippen LogP contribution in [0.5, 0.6) is 0 Å². The van der Waals surface area contributed by atoms with E-state index in [9.17, 15) is 9.59 Å². The summed E-state index contributed by atoms with van der Waals surface area (Å²) in [5.41, 5.74) is 2.10. The first-order valence-corrected chi connectivity index (χ1v) is 10.9. The Hall–Kier alpha value is -2.73. The van der Waals surface area contributed by atoms with Gasteiger partial charge in [-0.15, -0.1) is 11.3 Å². The van der Waals surface area contributed by atoms with Crippen molar-refractivity contribution in [2.75, 3.05) is 11.9 Å². The van der Waals surface area contributed by atoms with E-state index >= 15 is 0 Å². The van der Waals surface area contributed by atoms with Crippen LogP contribution in [0, 0.1) is 5.92 Å². The van der Waals surface area contributed by atoms with Crippen molar-refractivity contribution in [3.05, 3.63) is 59.1 Å². The number of aromatic nitrogens is 1. The van der Waals surface area contributed by atoms with Gasteiger partial charge >= 0.3 is 0 Å². The Labute approximate surface area is 175 Å². The number of nitrogens with one attached hydrogen (secondary N) is 2. The summed E-state index contributed by atoms with van der Waals surface area (Å²) in [7, 11) is 0. The van der Waals surface area contributed by atoms with E-state index in [-0.39, 0.29) is 11.8 Å². The van der Waals surface area contributed by atoms with Crippen LogP contribution in [-0.2, 0) is 11.2 Å².